The Bertz CT molecular complexity index is 482. The van der Waals surface area contributed by atoms with Crippen molar-refractivity contribution < 1.29 is 13.9 Å². The molecule has 0 spiro atoms. The molecule has 0 bridgehead atoms. The van der Waals surface area contributed by atoms with Crippen LogP contribution in [0.25, 0.3) is 0 Å². The molecule has 1 atom stereocenters. The number of hydrogen-bond acceptors (Lipinski definition) is 2. The Kier molecular flexibility index (Phi) is 6.92. The average molecular weight is 293 g/mol. The summed E-state index contributed by atoms with van der Waals surface area (Å²) in [6.07, 6.45) is 2.12. The van der Waals surface area contributed by atoms with E-state index in [0.29, 0.717) is 29.6 Å². The number of carbonyl (C=O) groups is 1. The van der Waals surface area contributed by atoms with Crippen LogP contribution < -0.4 is 4.74 Å². The van der Waals surface area contributed by atoms with Gasteiger partial charge in [-0.3, -0.25) is 4.79 Å². The van der Waals surface area contributed by atoms with Crippen LogP contribution in [0.1, 0.15) is 44.0 Å². The van der Waals surface area contributed by atoms with Gasteiger partial charge in [0.1, 0.15) is 12.4 Å². The summed E-state index contributed by atoms with van der Waals surface area (Å²) in [5, 5.41) is 0. The topological polar surface area (TPSA) is 29.5 Å². The Balaban J connectivity index is 2.67. The fourth-order valence-corrected chi connectivity index (χ4v) is 1.76. The molecule has 3 nitrogen and oxygen atoms in total. The lowest BCUT2D eigenvalue weighted by molar-refractivity contribution is 0.0740. The molecular weight excluding hydrogens is 269 g/mol. The van der Waals surface area contributed by atoms with Crippen molar-refractivity contribution in [2.75, 3.05) is 13.7 Å². The molecule has 0 aliphatic carbocycles. The SMILES string of the molecule is CC/C(=C/F)COc1ccc(C(=O)N(C)C(C)CC)cc1. The van der Waals surface area contributed by atoms with Gasteiger partial charge in [0.25, 0.3) is 5.91 Å². The van der Waals surface area contributed by atoms with Crippen LogP contribution in [0.4, 0.5) is 4.39 Å². The zero-order chi connectivity index (χ0) is 15.8. The zero-order valence-corrected chi connectivity index (χ0v) is 13.2. The molecule has 0 aliphatic heterocycles. The lowest BCUT2D eigenvalue weighted by atomic mass is 10.1. The van der Waals surface area contributed by atoms with Crippen LogP contribution in [0.5, 0.6) is 5.75 Å². The molecule has 1 unspecified atom stereocenters. The fraction of sp³-hybridized carbons (Fsp3) is 0.471. The molecule has 1 rings (SSSR count). The summed E-state index contributed by atoms with van der Waals surface area (Å²) in [6.45, 7) is 6.17. The average Bonchev–Trinajstić information content (AvgIpc) is 2.54. The van der Waals surface area contributed by atoms with Gasteiger partial charge >= 0.3 is 0 Å². The van der Waals surface area contributed by atoms with Gasteiger partial charge in [0.05, 0.1) is 6.33 Å². The first kappa shape index (κ1) is 17.2. The van der Waals surface area contributed by atoms with E-state index in [2.05, 4.69) is 6.92 Å². The van der Waals surface area contributed by atoms with Gasteiger partial charge in [-0.25, -0.2) is 4.39 Å². The lowest BCUT2D eigenvalue weighted by Gasteiger charge is -2.23. The third-order valence-electron chi connectivity index (χ3n) is 3.71. The molecular formula is C17H24FNO2. The molecule has 4 heteroatoms. The Labute approximate surface area is 126 Å². The first-order valence-electron chi connectivity index (χ1n) is 7.31. The van der Waals surface area contributed by atoms with E-state index < -0.39 is 0 Å². The first-order chi connectivity index (χ1) is 10.0. The maximum absolute atomic E-state index is 12.4. The van der Waals surface area contributed by atoms with Gasteiger partial charge in [0.15, 0.2) is 0 Å². The van der Waals surface area contributed by atoms with Crippen LogP contribution in [0.3, 0.4) is 0 Å². The van der Waals surface area contributed by atoms with Crippen LogP contribution in [0.2, 0.25) is 0 Å². The minimum absolute atomic E-state index is 0.00574. The second kappa shape index (κ2) is 8.45. The Morgan fingerprint density at radius 3 is 2.43 bits per heavy atom. The van der Waals surface area contributed by atoms with E-state index in [1.54, 1.807) is 36.2 Å². The number of carbonyl (C=O) groups excluding carboxylic acids is 1. The van der Waals surface area contributed by atoms with E-state index in [4.69, 9.17) is 4.74 Å². The van der Waals surface area contributed by atoms with Crippen LogP contribution in [-0.2, 0) is 0 Å². The summed E-state index contributed by atoms with van der Waals surface area (Å²) in [7, 11) is 1.81. The number of rotatable bonds is 7. The standard InChI is InChI=1S/C17H24FNO2/c1-5-13(3)19(4)17(20)15-7-9-16(10-8-15)21-12-14(6-2)11-18/h7-11,13H,5-6,12H2,1-4H3/b14-11-. The number of halogens is 1. The first-order valence-corrected chi connectivity index (χ1v) is 7.31. The number of benzene rings is 1. The molecule has 0 aliphatic rings. The molecule has 1 amide bonds. The van der Waals surface area contributed by atoms with E-state index in [1.165, 1.54) is 0 Å². The third kappa shape index (κ3) is 4.88. The molecule has 0 N–H and O–H groups in total. The van der Waals surface area contributed by atoms with Crippen molar-refractivity contribution in [3.63, 3.8) is 0 Å². The molecule has 1 aromatic rings. The van der Waals surface area contributed by atoms with Gasteiger partial charge < -0.3 is 9.64 Å². The van der Waals surface area contributed by atoms with Crippen molar-refractivity contribution in [1.29, 1.82) is 0 Å². The third-order valence-corrected chi connectivity index (χ3v) is 3.71. The molecule has 0 aromatic heterocycles. The summed E-state index contributed by atoms with van der Waals surface area (Å²) in [5.41, 5.74) is 1.23. The van der Waals surface area contributed by atoms with Crippen molar-refractivity contribution in [2.24, 2.45) is 0 Å². The van der Waals surface area contributed by atoms with Crippen LogP contribution in [0.15, 0.2) is 36.2 Å². The van der Waals surface area contributed by atoms with Gasteiger partial charge in [-0.05, 0) is 49.6 Å². The highest BCUT2D eigenvalue weighted by atomic mass is 19.1. The second-order valence-corrected chi connectivity index (χ2v) is 5.11. The van der Waals surface area contributed by atoms with Crippen molar-refractivity contribution >= 4 is 5.91 Å². The predicted octanol–water partition coefficient (Wildman–Crippen LogP) is 4.20. The van der Waals surface area contributed by atoms with Crippen LogP contribution in [-0.4, -0.2) is 30.5 Å². The van der Waals surface area contributed by atoms with Gasteiger partial charge in [-0.1, -0.05) is 13.8 Å². The van der Waals surface area contributed by atoms with Crippen LogP contribution in [0, 0.1) is 0 Å². The second-order valence-electron chi connectivity index (χ2n) is 5.11. The van der Waals surface area contributed by atoms with E-state index in [9.17, 15) is 9.18 Å². The van der Waals surface area contributed by atoms with Crippen molar-refractivity contribution in [1.82, 2.24) is 4.90 Å². The Morgan fingerprint density at radius 1 is 1.33 bits per heavy atom. The molecule has 0 fully saturated rings. The molecule has 21 heavy (non-hydrogen) atoms. The normalized spacial score (nSPS) is 12.9. The van der Waals surface area contributed by atoms with Crippen molar-refractivity contribution in [2.45, 2.75) is 39.7 Å². The van der Waals surface area contributed by atoms with Gasteiger partial charge in [0, 0.05) is 18.7 Å². The molecule has 1 aromatic carbocycles. The molecule has 116 valence electrons. The summed E-state index contributed by atoms with van der Waals surface area (Å²) in [5.74, 6) is 0.624. The van der Waals surface area contributed by atoms with E-state index in [0.717, 1.165) is 6.42 Å². The van der Waals surface area contributed by atoms with E-state index in [-0.39, 0.29) is 18.6 Å². The summed E-state index contributed by atoms with van der Waals surface area (Å²) in [6, 6.07) is 7.16. The maximum Gasteiger partial charge on any atom is 0.253 e. The number of ether oxygens (including phenoxy) is 1. The summed E-state index contributed by atoms with van der Waals surface area (Å²) in [4.78, 5) is 14.0. The Hall–Kier alpha value is -1.84. The monoisotopic (exact) mass is 293 g/mol. The molecule has 0 radical (unpaired) electrons. The quantitative estimate of drug-likeness (QED) is 0.754. The molecule has 0 saturated heterocycles. The predicted molar refractivity (Wildman–Crippen MR) is 83.3 cm³/mol. The Morgan fingerprint density at radius 2 is 1.95 bits per heavy atom. The van der Waals surface area contributed by atoms with Gasteiger partial charge in [-0.2, -0.15) is 0 Å². The minimum Gasteiger partial charge on any atom is -0.489 e. The highest BCUT2D eigenvalue weighted by molar-refractivity contribution is 5.94. The summed E-state index contributed by atoms with van der Waals surface area (Å²) >= 11 is 0. The fourth-order valence-electron chi connectivity index (χ4n) is 1.76. The van der Waals surface area contributed by atoms with E-state index in [1.807, 2.05) is 13.8 Å². The van der Waals surface area contributed by atoms with E-state index >= 15 is 0 Å². The largest absolute Gasteiger partial charge is 0.489 e. The van der Waals surface area contributed by atoms with Gasteiger partial charge in [0.2, 0.25) is 0 Å². The number of hydrogen-bond donors (Lipinski definition) is 0. The molecule has 0 heterocycles. The maximum atomic E-state index is 12.4. The summed E-state index contributed by atoms with van der Waals surface area (Å²) < 4.78 is 17.9. The van der Waals surface area contributed by atoms with Gasteiger partial charge in [-0.15, -0.1) is 0 Å². The molecule has 0 saturated carbocycles. The van der Waals surface area contributed by atoms with Crippen LogP contribution >= 0.6 is 0 Å². The number of nitrogens with zero attached hydrogens (tertiary/aromatic N) is 1. The number of amides is 1. The minimum atomic E-state index is -0.00574. The van der Waals surface area contributed by atoms with Crippen molar-refractivity contribution in [3.8, 4) is 5.75 Å². The highest BCUT2D eigenvalue weighted by Gasteiger charge is 2.15. The zero-order valence-electron chi connectivity index (χ0n) is 13.2. The highest BCUT2D eigenvalue weighted by Crippen LogP contribution is 2.16. The van der Waals surface area contributed by atoms with Crippen molar-refractivity contribution in [3.05, 3.63) is 41.7 Å². The smallest absolute Gasteiger partial charge is 0.253 e. The lowest BCUT2D eigenvalue weighted by Crippen LogP contribution is -2.34.